The van der Waals surface area contributed by atoms with Crippen LogP contribution in [0.1, 0.15) is 12.0 Å². The van der Waals surface area contributed by atoms with E-state index in [4.69, 9.17) is 18.9 Å². The summed E-state index contributed by atoms with van der Waals surface area (Å²) in [6.07, 6.45) is 3.16. The summed E-state index contributed by atoms with van der Waals surface area (Å²) in [5, 5.41) is 1.13. The molecule has 3 heterocycles. The summed E-state index contributed by atoms with van der Waals surface area (Å²) in [6, 6.07) is 13.8. The maximum absolute atomic E-state index is 12.5. The smallest absolute Gasteiger partial charge is 0.414 e. The highest BCUT2D eigenvalue weighted by Gasteiger charge is 2.33. The molecule has 0 N–H and O–H groups in total. The number of rotatable bonds is 8. The zero-order valence-corrected chi connectivity index (χ0v) is 19.5. The van der Waals surface area contributed by atoms with Crippen molar-refractivity contribution in [1.82, 2.24) is 9.88 Å². The number of ether oxygens (including phenoxy) is 4. The first kappa shape index (κ1) is 22.3. The van der Waals surface area contributed by atoms with Crippen molar-refractivity contribution in [1.29, 1.82) is 0 Å². The van der Waals surface area contributed by atoms with Crippen LogP contribution in [0.3, 0.4) is 0 Å². The van der Waals surface area contributed by atoms with Gasteiger partial charge in [0.05, 0.1) is 31.1 Å². The number of hydrogen-bond acceptors (Lipinski definition) is 7. The van der Waals surface area contributed by atoms with Gasteiger partial charge in [0.1, 0.15) is 25.1 Å². The Morgan fingerprint density at radius 3 is 2.85 bits per heavy atom. The summed E-state index contributed by atoms with van der Waals surface area (Å²) < 4.78 is 22.2. The lowest BCUT2D eigenvalue weighted by atomic mass is 10.0. The normalized spacial score (nSPS) is 17.3. The molecule has 3 aromatic rings. The second-order valence-electron chi connectivity index (χ2n) is 8.67. The Morgan fingerprint density at radius 2 is 2.00 bits per heavy atom. The highest BCUT2D eigenvalue weighted by atomic mass is 16.6. The topological polar surface area (TPSA) is 73.4 Å². The van der Waals surface area contributed by atoms with Gasteiger partial charge in [-0.05, 0) is 56.3 Å². The molecule has 2 aromatic carbocycles. The highest BCUT2D eigenvalue weighted by molar-refractivity contribution is 5.90. The summed E-state index contributed by atoms with van der Waals surface area (Å²) >= 11 is 0. The van der Waals surface area contributed by atoms with E-state index in [-0.39, 0.29) is 12.2 Å². The summed E-state index contributed by atoms with van der Waals surface area (Å²) in [7, 11) is 3.72. The van der Waals surface area contributed by atoms with Gasteiger partial charge in [-0.25, -0.2) is 4.79 Å². The van der Waals surface area contributed by atoms with Crippen LogP contribution in [0.2, 0.25) is 0 Å². The van der Waals surface area contributed by atoms with Crippen molar-refractivity contribution in [3.05, 3.63) is 54.2 Å². The predicted octanol–water partition coefficient (Wildman–Crippen LogP) is 3.90. The maximum Gasteiger partial charge on any atom is 0.414 e. The quantitative estimate of drug-likeness (QED) is 0.502. The number of benzene rings is 2. The number of carbonyl (C=O) groups excluding carboxylic acids is 1. The summed E-state index contributed by atoms with van der Waals surface area (Å²) in [4.78, 5) is 20.9. The van der Waals surface area contributed by atoms with Crippen LogP contribution in [0.5, 0.6) is 17.2 Å². The number of likely N-dealkylation sites (N-methyl/N-ethyl adjacent to an activating group) is 1. The number of aryl methyl sites for hydroxylation is 1. The molecule has 1 saturated heterocycles. The molecule has 1 fully saturated rings. The van der Waals surface area contributed by atoms with Crippen LogP contribution in [0, 0.1) is 0 Å². The van der Waals surface area contributed by atoms with E-state index in [2.05, 4.69) is 23.0 Å². The summed E-state index contributed by atoms with van der Waals surface area (Å²) in [5.74, 6) is 2.14. The Morgan fingerprint density at radius 1 is 1.15 bits per heavy atom. The number of aromatic nitrogens is 1. The Balaban J connectivity index is 1.15. The molecule has 8 nitrogen and oxygen atoms in total. The fourth-order valence-electron chi connectivity index (χ4n) is 4.53. The third-order valence-electron chi connectivity index (χ3n) is 6.24. The zero-order valence-electron chi connectivity index (χ0n) is 19.5. The lowest BCUT2D eigenvalue weighted by Crippen LogP contribution is -2.33. The zero-order chi connectivity index (χ0) is 23.5. The van der Waals surface area contributed by atoms with Gasteiger partial charge >= 0.3 is 6.09 Å². The second-order valence-corrected chi connectivity index (χ2v) is 8.67. The van der Waals surface area contributed by atoms with Gasteiger partial charge in [-0.2, -0.15) is 0 Å². The molecule has 2 aliphatic heterocycles. The van der Waals surface area contributed by atoms with Crippen LogP contribution in [-0.2, 0) is 11.2 Å². The van der Waals surface area contributed by atoms with Gasteiger partial charge in [0.2, 0.25) is 0 Å². The number of nitrogens with zero attached hydrogens (tertiary/aromatic N) is 3. The van der Waals surface area contributed by atoms with E-state index >= 15 is 0 Å². The van der Waals surface area contributed by atoms with Crippen molar-refractivity contribution in [3.63, 3.8) is 0 Å². The van der Waals surface area contributed by atoms with E-state index < -0.39 is 0 Å². The minimum absolute atomic E-state index is 0.184. The lowest BCUT2D eigenvalue weighted by molar-refractivity contribution is 0.117. The Hall–Kier alpha value is -3.52. The number of methoxy groups -OCH3 is 1. The molecule has 178 valence electrons. The van der Waals surface area contributed by atoms with Crippen molar-refractivity contribution in [2.24, 2.45) is 0 Å². The van der Waals surface area contributed by atoms with Crippen molar-refractivity contribution < 1.29 is 23.7 Å². The number of pyridine rings is 1. The number of hydrogen-bond donors (Lipinski definition) is 0. The standard InChI is InChI=1S/C26H29N3O5/c1-28(10-4-6-18-5-3-7-23-22(18)14-20(31-2)15-27-23)16-21-17-29(26(30)34-21)19-8-9-24-25(13-19)33-12-11-32-24/h3,5,7-9,13-15,21H,4,6,10-12,16-17H2,1-2H3/t21-/m0/s1. The predicted molar refractivity (Wildman–Crippen MR) is 129 cm³/mol. The van der Waals surface area contributed by atoms with E-state index in [1.807, 2.05) is 36.4 Å². The van der Waals surface area contributed by atoms with Crippen LogP contribution in [-0.4, -0.2) is 69.1 Å². The van der Waals surface area contributed by atoms with Gasteiger partial charge < -0.3 is 23.8 Å². The van der Waals surface area contributed by atoms with Gasteiger partial charge in [-0.3, -0.25) is 9.88 Å². The molecule has 2 aliphatic rings. The molecule has 0 radical (unpaired) electrons. The molecule has 1 atom stereocenters. The SMILES string of the molecule is COc1cnc2cccc(CCCN(C)C[C@H]3CN(c4ccc5c(c4)OCCO5)C(=O)O3)c2c1. The Bertz CT molecular complexity index is 1180. The third-order valence-corrected chi connectivity index (χ3v) is 6.24. The molecule has 0 unspecified atom stereocenters. The van der Waals surface area contributed by atoms with Crippen LogP contribution < -0.4 is 19.1 Å². The average molecular weight is 464 g/mol. The van der Waals surface area contributed by atoms with Gasteiger partial charge in [0, 0.05) is 18.0 Å². The first-order chi connectivity index (χ1) is 16.6. The van der Waals surface area contributed by atoms with Crippen molar-refractivity contribution >= 4 is 22.7 Å². The number of cyclic esters (lactones) is 1. The fourth-order valence-corrected chi connectivity index (χ4v) is 4.53. The highest BCUT2D eigenvalue weighted by Crippen LogP contribution is 2.35. The number of amides is 1. The van der Waals surface area contributed by atoms with E-state index in [0.29, 0.717) is 37.8 Å². The summed E-state index contributed by atoms with van der Waals surface area (Å²) in [6.45, 7) is 3.14. The van der Waals surface area contributed by atoms with Gasteiger partial charge in [-0.1, -0.05) is 12.1 Å². The molecule has 1 amide bonds. The van der Waals surface area contributed by atoms with E-state index in [9.17, 15) is 4.79 Å². The average Bonchev–Trinajstić information content (AvgIpc) is 3.23. The molecular weight excluding hydrogens is 434 g/mol. The molecule has 0 bridgehead atoms. The summed E-state index contributed by atoms with van der Waals surface area (Å²) in [5.41, 5.74) is 3.00. The number of fused-ring (bicyclic) bond motifs is 2. The van der Waals surface area contributed by atoms with Crippen LogP contribution in [0.25, 0.3) is 10.9 Å². The van der Waals surface area contributed by atoms with Crippen LogP contribution in [0.4, 0.5) is 10.5 Å². The van der Waals surface area contributed by atoms with Crippen molar-refractivity contribution in [2.75, 3.05) is 51.9 Å². The van der Waals surface area contributed by atoms with Gasteiger partial charge in [0.25, 0.3) is 0 Å². The van der Waals surface area contributed by atoms with Crippen LogP contribution in [0.15, 0.2) is 48.7 Å². The first-order valence-electron chi connectivity index (χ1n) is 11.6. The molecule has 8 heteroatoms. The van der Waals surface area contributed by atoms with Crippen LogP contribution >= 0.6 is 0 Å². The molecular formula is C26H29N3O5. The minimum Gasteiger partial charge on any atom is -0.495 e. The molecule has 0 spiro atoms. The van der Waals surface area contributed by atoms with Gasteiger partial charge in [-0.15, -0.1) is 0 Å². The lowest BCUT2D eigenvalue weighted by Gasteiger charge is -2.21. The fraction of sp³-hybridized carbons (Fsp3) is 0.385. The molecule has 34 heavy (non-hydrogen) atoms. The Labute approximate surface area is 199 Å². The number of carbonyl (C=O) groups is 1. The van der Waals surface area contributed by atoms with Crippen molar-refractivity contribution in [3.8, 4) is 17.2 Å². The monoisotopic (exact) mass is 463 g/mol. The van der Waals surface area contributed by atoms with Gasteiger partial charge in [0.15, 0.2) is 11.5 Å². The Kier molecular flexibility index (Phi) is 6.40. The maximum atomic E-state index is 12.5. The molecule has 1 aromatic heterocycles. The van der Waals surface area contributed by atoms with Crippen molar-refractivity contribution in [2.45, 2.75) is 18.9 Å². The minimum atomic E-state index is -0.327. The number of anilines is 1. The third kappa shape index (κ3) is 4.72. The van der Waals surface area contributed by atoms with E-state index in [1.165, 1.54) is 5.56 Å². The molecule has 0 aliphatic carbocycles. The first-order valence-corrected chi connectivity index (χ1v) is 11.6. The molecule has 0 saturated carbocycles. The second kappa shape index (κ2) is 9.77. The largest absolute Gasteiger partial charge is 0.495 e. The van der Waals surface area contributed by atoms with E-state index in [1.54, 1.807) is 18.2 Å². The molecule has 5 rings (SSSR count). The van der Waals surface area contributed by atoms with E-state index in [0.717, 1.165) is 41.7 Å².